The summed E-state index contributed by atoms with van der Waals surface area (Å²) >= 11 is 1.25. The topological polar surface area (TPSA) is 104 Å². The summed E-state index contributed by atoms with van der Waals surface area (Å²) in [4.78, 5) is 33.3. The molecule has 0 saturated heterocycles. The number of carbonyl (C=O) groups excluding carboxylic acids is 2. The van der Waals surface area contributed by atoms with Gasteiger partial charge in [0.1, 0.15) is 0 Å². The number of hydrogen-bond acceptors (Lipinski definition) is 8. The smallest absolute Gasteiger partial charge is 0.311 e. The zero-order chi connectivity index (χ0) is 28.2. The fraction of sp³-hybridized carbons (Fsp3) is 0.258. The summed E-state index contributed by atoms with van der Waals surface area (Å²) in [5, 5.41) is 0.374. The van der Waals surface area contributed by atoms with Gasteiger partial charge >= 0.3 is 5.97 Å². The highest BCUT2D eigenvalue weighted by molar-refractivity contribution is 7.15. The second-order valence-corrected chi connectivity index (χ2v) is 10.7. The van der Waals surface area contributed by atoms with Gasteiger partial charge in [-0.25, -0.2) is 4.98 Å². The Balaban J connectivity index is 1.33. The molecule has 1 unspecified atom stereocenters. The quantitative estimate of drug-likeness (QED) is 0.305. The van der Waals surface area contributed by atoms with Crippen molar-refractivity contribution in [2.75, 3.05) is 33.1 Å². The highest BCUT2D eigenvalue weighted by Gasteiger charge is 2.33. The van der Waals surface area contributed by atoms with Gasteiger partial charge in [0.2, 0.25) is 0 Å². The Labute approximate surface area is 237 Å². The molecule has 1 aliphatic rings. The van der Waals surface area contributed by atoms with Gasteiger partial charge in [0.15, 0.2) is 23.2 Å². The number of nitrogens with zero attached hydrogens (tertiary/aromatic N) is 2. The van der Waals surface area contributed by atoms with E-state index < -0.39 is 5.97 Å². The Kier molecular flexibility index (Phi) is 8.02. The lowest BCUT2D eigenvalue weighted by atomic mass is 9.87. The molecule has 4 aromatic rings. The van der Waals surface area contributed by atoms with Crippen LogP contribution in [0, 0.1) is 6.92 Å². The Morgan fingerprint density at radius 1 is 1.02 bits per heavy atom. The second-order valence-electron chi connectivity index (χ2n) is 9.58. The maximum absolute atomic E-state index is 13.5. The molecule has 0 aliphatic carbocycles. The summed E-state index contributed by atoms with van der Waals surface area (Å²) < 4.78 is 16.6. The van der Waals surface area contributed by atoms with E-state index in [2.05, 4.69) is 4.98 Å². The van der Waals surface area contributed by atoms with Crippen LogP contribution in [0.1, 0.15) is 33.2 Å². The first-order chi connectivity index (χ1) is 19.4. The van der Waals surface area contributed by atoms with Crippen LogP contribution in [0.25, 0.3) is 11.3 Å². The van der Waals surface area contributed by atoms with Crippen molar-refractivity contribution in [3.8, 4) is 22.8 Å². The van der Waals surface area contributed by atoms with Crippen LogP contribution in [-0.4, -0.2) is 49.1 Å². The van der Waals surface area contributed by atoms with E-state index in [1.54, 1.807) is 19.1 Å². The third-order valence-electron chi connectivity index (χ3n) is 7.01. The summed E-state index contributed by atoms with van der Waals surface area (Å²) in [6.45, 7) is 2.12. The lowest BCUT2D eigenvalue weighted by molar-refractivity contribution is -0.152. The molecule has 1 atom stereocenters. The number of methoxy groups -OCH3 is 2. The normalized spacial score (nSPS) is 14.4. The third kappa shape index (κ3) is 5.65. The van der Waals surface area contributed by atoms with Crippen molar-refractivity contribution in [2.24, 2.45) is 0 Å². The number of nitrogen functional groups attached to an aromatic ring is 1. The predicted octanol–water partition coefficient (Wildman–Crippen LogP) is 4.98. The number of anilines is 1. The number of amides is 1. The molecule has 8 nitrogen and oxygen atoms in total. The molecule has 0 fully saturated rings. The molecule has 206 valence electrons. The van der Waals surface area contributed by atoms with Crippen LogP contribution in [0.3, 0.4) is 0 Å². The number of rotatable bonds is 8. The molecule has 2 heterocycles. The molecule has 5 rings (SSSR count). The number of carbonyl (C=O) groups is 2. The van der Waals surface area contributed by atoms with Gasteiger partial charge in [0.25, 0.3) is 5.91 Å². The minimum absolute atomic E-state index is 0.0205. The average Bonchev–Trinajstić information content (AvgIpc) is 3.34. The van der Waals surface area contributed by atoms with Crippen molar-refractivity contribution in [1.29, 1.82) is 0 Å². The molecule has 1 aliphatic heterocycles. The summed E-state index contributed by atoms with van der Waals surface area (Å²) in [6, 6.07) is 21.2. The molecule has 40 heavy (non-hydrogen) atoms. The van der Waals surface area contributed by atoms with Gasteiger partial charge in [-0.3, -0.25) is 9.59 Å². The van der Waals surface area contributed by atoms with Crippen LogP contribution in [-0.2, 0) is 27.2 Å². The number of nitrogens with two attached hydrogens (primary N) is 1. The zero-order valence-corrected chi connectivity index (χ0v) is 23.5. The monoisotopic (exact) mass is 557 g/mol. The van der Waals surface area contributed by atoms with Crippen LogP contribution in [0.4, 0.5) is 5.13 Å². The molecule has 3 aromatic carbocycles. The summed E-state index contributed by atoms with van der Waals surface area (Å²) in [6.07, 6.45) is 0.617. The van der Waals surface area contributed by atoms with E-state index in [4.69, 9.17) is 19.9 Å². The number of fused-ring (bicyclic) bond motifs is 1. The zero-order valence-electron chi connectivity index (χ0n) is 22.7. The number of hydrogen-bond donors (Lipinski definition) is 1. The number of ether oxygens (including phenoxy) is 3. The third-order valence-corrected chi connectivity index (χ3v) is 7.89. The number of benzene rings is 3. The van der Waals surface area contributed by atoms with Gasteiger partial charge in [-0.05, 0) is 42.2 Å². The van der Waals surface area contributed by atoms with Gasteiger partial charge in [-0.1, -0.05) is 60.2 Å². The molecular weight excluding hydrogens is 526 g/mol. The number of esters is 1. The van der Waals surface area contributed by atoms with E-state index >= 15 is 0 Å². The lowest BCUT2D eigenvalue weighted by Crippen LogP contribution is -2.42. The lowest BCUT2D eigenvalue weighted by Gasteiger charge is -2.38. The highest BCUT2D eigenvalue weighted by Crippen LogP contribution is 2.41. The molecule has 0 bridgehead atoms. The largest absolute Gasteiger partial charge is 0.493 e. The molecule has 0 spiro atoms. The van der Waals surface area contributed by atoms with Crippen LogP contribution < -0.4 is 15.2 Å². The van der Waals surface area contributed by atoms with Gasteiger partial charge in [0.05, 0.1) is 32.4 Å². The fourth-order valence-corrected chi connectivity index (χ4v) is 5.88. The Morgan fingerprint density at radius 2 is 1.73 bits per heavy atom. The van der Waals surface area contributed by atoms with Crippen LogP contribution in [0.15, 0.2) is 66.7 Å². The SMILES string of the molecule is COc1cc2c(cc1OC)C(c1ccccc1)N(C(=O)COC(=O)Cc1sc(N)nc1-c1ccc(C)cc1)CC2. The molecule has 0 saturated carbocycles. The summed E-state index contributed by atoms with van der Waals surface area (Å²) in [5.74, 6) is 0.460. The second kappa shape index (κ2) is 11.8. The first-order valence-electron chi connectivity index (χ1n) is 12.9. The van der Waals surface area contributed by atoms with Crippen molar-refractivity contribution in [2.45, 2.75) is 25.8 Å². The van der Waals surface area contributed by atoms with Crippen molar-refractivity contribution in [3.63, 3.8) is 0 Å². The van der Waals surface area contributed by atoms with E-state index in [1.165, 1.54) is 11.3 Å². The first kappa shape index (κ1) is 27.2. The van der Waals surface area contributed by atoms with Crippen LogP contribution in [0.2, 0.25) is 0 Å². The maximum Gasteiger partial charge on any atom is 0.311 e. The van der Waals surface area contributed by atoms with E-state index in [0.29, 0.717) is 40.2 Å². The molecule has 0 radical (unpaired) electrons. The van der Waals surface area contributed by atoms with Gasteiger partial charge in [-0.2, -0.15) is 0 Å². The molecule has 2 N–H and O–H groups in total. The van der Waals surface area contributed by atoms with E-state index in [0.717, 1.165) is 27.8 Å². The number of aromatic nitrogens is 1. The highest BCUT2D eigenvalue weighted by atomic mass is 32.1. The van der Waals surface area contributed by atoms with Crippen molar-refractivity contribution < 1.29 is 23.8 Å². The average molecular weight is 558 g/mol. The minimum Gasteiger partial charge on any atom is -0.493 e. The van der Waals surface area contributed by atoms with Crippen molar-refractivity contribution >= 4 is 28.3 Å². The summed E-state index contributed by atoms with van der Waals surface area (Å²) in [5.41, 5.74) is 11.6. The van der Waals surface area contributed by atoms with Gasteiger partial charge in [-0.15, -0.1) is 11.3 Å². The molecule has 9 heteroatoms. The van der Waals surface area contributed by atoms with E-state index in [1.807, 2.05) is 73.7 Å². The standard InChI is InChI=1S/C31H31N3O5S/c1-19-9-11-20(12-10-19)29-26(40-31(32)33-29)17-28(36)39-18-27(35)34-14-13-22-15-24(37-2)25(38-3)16-23(22)30(34)21-7-5-4-6-8-21/h4-12,15-16,30H,13-14,17-18H2,1-3H3,(H2,32,33). The molecular formula is C31H31N3O5S. The number of aryl methyl sites for hydroxylation is 1. The Hall–Kier alpha value is -4.37. The molecule has 1 aromatic heterocycles. The summed E-state index contributed by atoms with van der Waals surface area (Å²) in [7, 11) is 3.20. The van der Waals surface area contributed by atoms with Crippen LogP contribution in [0.5, 0.6) is 11.5 Å². The maximum atomic E-state index is 13.5. The first-order valence-corrected chi connectivity index (χ1v) is 13.8. The Bertz CT molecular complexity index is 1520. The minimum atomic E-state index is -0.509. The van der Waals surface area contributed by atoms with Crippen LogP contribution >= 0.6 is 11.3 Å². The van der Waals surface area contributed by atoms with E-state index in [9.17, 15) is 9.59 Å². The van der Waals surface area contributed by atoms with Gasteiger partial charge < -0.3 is 24.8 Å². The predicted molar refractivity (Wildman–Crippen MR) is 155 cm³/mol. The van der Waals surface area contributed by atoms with Crippen molar-refractivity contribution in [3.05, 3.63) is 93.9 Å². The molecule has 1 amide bonds. The Morgan fingerprint density at radius 3 is 2.42 bits per heavy atom. The van der Waals surface area contributed by atoms with E-state index in [-0.39, 0.29) is 25.0 Å². The van der Waals surface area contributed by atoms with Gasteiger partial charge in [0, 0.05) is 17.0 Å². The van der Waals surface area contributed by atoms with Crippen molar-refractivity contribution in [1.82, 2.24) is 9.88 Å². The fourth-order valence-electron chi connectivity index (χ4n) is 5.04. The number of thiazole rings is 1.